The summed E-state index contributed by atoms with van der Waals surface area (Å²) in [5.74, 6) is 0.154. The van der Waals surface area contributed by atoms with E-state index < -0.39 is 5.60 Å². The number of carbonyl (C=O) groups is 1. The fourth-order valence-electron chi connectivity index (χ4n) is 2.27. The Balaban J connectivity index is 2.86. The number of anilines is 3. The molecule has 1 aromatic rings. The molecule has 0 aromatic heterocycles. The molecule has 0 aliphatic rings. The molecule has 0 fully saturated rings. The van der Waals surface area contributed by atoms with Gasteiger partial charge in [0, 0.05) is 25.2 Å². The van der Waals surface area contributed by atoms with Crippen LogP contribution in [0.5, 0.6) is 0 Å². The summed E-state index contributed by atoms with van der Waals surface area (Å²) in [6.07, 6.45) is 1.67. The van der Waals surface area contributed by atoms with Crippen LogP contribution in [0.1, 0.15) is 40.5 Å². The molecule has 22 heavy (non-hydrogen) atoms. The lowest BCUT2D eigenvalue weighted by Gasteiger charge is -2.24. The number of hydrogen-bond donors (Lipinski definition) is 3. The van der Waals surface area contributed by atoms with E-state index in [1.54, 1.807) is 31.9 Å². The summed E-state index contributed by atoms with van der Waals surface area (Å²) in [6, 6.07) is 5.49. The number of aliphatic hydroxyl groups is 1. The maximum atomic E-state index is 12.4. The van der Waals surface area contributed by atoms with Gasteiger partial charge >= 0.3 is 0 Å². The number of hydrogen-bond acceptors (Lipinski definition) is 4. The number of nitrogens with zero attached hydrogens (tertiary/aromatic N) is 1. The summed E-state index contributed by atoms with van der Waals surface area (Å²) in [7, 11) is 1.78. The first-order chi connectivity index (χ1) is 10.2. The molecule has 0 heterocycles. The second-order valence-corrected chi connectivity index (χ2v) is 6.35. The van der Waals surface area contributed by atoms with Crippen LogP contribution in [0.15, 0.2) is 18.2 Å². The summed E-state index contributed by atoms with van der Waals surface area (Å²) < 4.78 is 0. The number of nitrogens with two attached hydrogens (primary N) is 1. The second-order valence-electron chi connectivity index (χ2n) is 6.35. The van der Waals surface area contributed by atoms with Crippen molar-refractivity contribution in [2.75, 3.05) is 29.5 Å². The van der Waals surface area contributed by atoms with Gasteiger partial charge in [0.25, 0.3) is 0 Å². The van der Waals surface area contributed by atoms with Gasteiger partial charge in [-0.05, 0) is 44.9 Å². The smallest absolute Gasteiger partial charge is 0.229 e. The zero-order chi connectivity index (χ0) is 16.9. The molecule has 0 saturated heterocycles. The molecule has 0 atom stereocenters. The number of nitrogen functional groups attached to an aromatic ring is 1. The molecule has 5 nitrogen and oxygen atoms in total. The highest BCUT2D eigenvalue weighted by Gasteiger charge is 2.20. The lowest BCUT2D eigenvalue weighted by atomic mass is 10.0. The molecule has 1 rings (SSSR count). The van der Waals surface area contributed by atoms with Crippen LogP contribution in [0.25, 0.3) is 0 Å². The number of carbonyl (C=O) groups excluding carboxylic acids is 1. The second kappa shape index (κ2) is 7.49. The lowest BCUT2D eigenvalue weighted by Crippen LogP contribution is -2.32. The Kier molecular flexibility index (Phi) is 6.23. The van der Waals surface area contributed by atoms with E-state index in [2.05, 4.69) is 5.32 Å². The van der Waals surface area contributed by atoms with E-state index in [4.69, 9.17) is 5.73 Å². The van der Waals surface area contributed by atoms with Gasteiger partial charge in [-0.2, -0.15) is 0 Å². The molecule has 0 spiro atoms. The van der Waals surface area contributed by atoms with Crippen molar-refractivity contribution in [1.82, 2.24) is 0 Å². The molecule has 0 aliphatic heterocycles. The molecule has 0 radical (unpaired) electrons. The summed E-state index contributed by atoms with van der Waals surface area (Å²) in [5, 5.41) is 12.9. The Labute approximate surface area is 133 Å². The maximum absolute atomic E-state index is 12.4. The summed E-state index contributed by atoms with van der Waals surface area (Å²) >= 11 is 0. The lowest BCUT2D eigenvalue weighted by molar-refractivity contribution is -0.122. The highest BCUT2D eigenvalue weighted by molar-refractivity contribution is 5.95. The zero-order valence-corrected chi connectivity index (χ0v) is 14.3. The van der Waals surface area contributed by atoms with E-state index in [1.807, 2.05) is 26.0 Å². The van der Waals surface area contributed by atoms with E-state index in [9.17, 15) is 9.90 Å². The number of amides is 1. The highest BCUT2D eigenvalue weighted by Crippen LogP contribution is 2.26. The third kappa shape index (κ3) is 4.91. The standard InChI is InChI=1S/C17H29N3O2/c1-6-12(7-2)16(21)20(5)13-8-9-15(14(18)10-13)19-11-17(3,4)22/h8-10,12,19,22H,6-7,11,18H2,1-5H3. The van der Waals surface area contributed by atoms with Crippen molar-refractivity contribution in [3.05, 3.63) is 18.2 Å². The van der Waals surface area contributed by atoms with Crippen molar-refractivity contribution in [1.29, 1.82) is 0 Å². The van der Waals surface area contributed by atoms with E-state index in [0.29, 0.717) is 12.2 Å². The van der Waals surface area contributed by atoms with Crippen molar-refractivity contribution in [3.8, 4) is 0 Å². The van der Waals surface area contributed by atoms with E-state index in [-0.39, 0.29) is 11.8 Å². The van der Waals surface area contributed by atoms with E-state index in [1.165, 1.54) is 0 Å². The first-order valence-electron chi connectivity index (χ1n) is 7.83. The SMILES string of the molecule is CCC(CC)C(=O)N(C)c1ccc(NCC(C)(C)O)c(N)c1. The molecular weight excluding hydrogens is 278 g/mol. The Morgan fingerprint density at radius 3 is 2.41 bits per heavy atom. The molecule has 124 valence electrons. The average molecular weight is 307 g/mol. The minimum absolute atomic E-state index is 0.0409. The van der Waals surface area contributed by atoms with Crippen LogP contribution < -0.4 is 16.0 Å². The first kappa shape index (κ1) is 18.3. The van der Waals surface area contributed by atoms with Crippen LogP contribution in [0.4, 0.5) is 17.1 Å². The van der Waals surface area contributed by atoms with Gasteiger partial charge in [-0.1, -0.05) is 13.8 Å². The van der Waals surface area contributed by atoms with Gasteiger partial charge in [-0.3, -0.25) is 4.79 Å². The molecular formula is C17H29N3O2. The molecule has 0 unspecified atom stereocenters. The highest BCUT2D eigenvalue weighted by atomic mass is 16.3. The minimum atomic E-state index is -0.812. The molecule has 1 amide bonds. The van der Waals surface area contributed by atoms with Crippen molar-refractivity contribution >= 4 is 23.0 Å². The Hall–Kier alpha value is -1.75. The van der Waals surface area contributed by atoms with Gasteiger partial charge in [-0.15, -0.1) is 0 Å². The summed E-state index contributed by atoms with van der Waals surface area (Å²) in [5.41, 5.74) is 7.34. The molecule has 0 bridgehead atoms. The van der Waals surface area contributed by atoms with Crippen LogP contribution in [0, 0.1) is 5.92 Å². The normalized spacial score (nSPS) is 11.6. The van der Waals surface area contributed by atoms with Crippen LogP contribution in [0.2, 0.25) is 0 Å². The monoisotopic (exact) mass is 307 g/mol. The zero-order valence-electron chi connectivity index (χ0n) is 14.3. The Morgan fingerprint density at radius 2 is 1.95 bits per heavy atom. The number of nitrogens with one attached hydrogen (secondary N) is 1. The Morgan fingerprint density at radius 1 is 1.36 bits per heavy atom. The maximum Gasteiger partial charge on any atom is 0.229 e. The predicted octanol–water partition coefficient (Wildman–Crippen LogP) is 2.85. The van der Waals surface area contributed by atoms with Crippen LogP contribution in [0.3, 0.4) is 0 Å². The summed E-state index contributed by atoms with van der Waals surface area (Å²) in [6.45, 7) is 7.91. The van der Waals surface area contributed by atoms with Crippen LogP contribution >= 0.6 is 0 Å². The molecule has 4 N–H and O–H groups in total. The topological polar surface area (TPSA) is 78.6 Å². The Bertz CT molecular complexity index is 505. The van der Waals surface area contributed by atoms with Gasteiger partial charge in [0.15, 0.2) is 0 Å². The van der Waals surface area contributed by atoms with Crippen LogP contribution in [-0.2, 0) is 4.79 Å². The molecule has 5 heteroatoms. The van der Waals surface area contributed by atoms with Gasteiger partial charge in [0.1, 0.15) is 0 Å². The predicted molar refractivity (Wildman–Crippen MR) is 93.1 cm³/mol. The fourth-order valence-corrected chi connectivity index (χ4v) is 2.27. The largest absolute Gasteiger partial charge is 0.397 e. The van der Waals surface area contributed by atoms with Gasteiger partial charge in [0.2, 0.25) is 5.91 Å². The molecule has 0 saturated carbocycles. The average Bonchev–Trinajstić information content (AvgIpc) is 2.45. The van der Waals surface area contributed by atoms with E-state index in [0.717, 1.165) is 24.2 Å². The quantitative estimate of drug-likeness (QED) is 0.677. The first-order valence-corrected chi connectivity index (χ1v) is 7.83. The van der Waals surface area contributed by atoms with E-state index >= 15 is 0 Å². The molecule has 0 aliphatic carbocycles. The van der Waals surface area contributed by atoms with Crippen molar-refractivity contribution in [2.24, 2.45) is 5.92 Å². The van der Waals surface area contributed by atoms with Gasteiger partial charge in [-0.25, -0.2) is 0 Å². The molecule has 1 aromatic carbocycles. The minimum Gasteiger partial charge on any atom is -0.397 e. The van der Waals surface area contributed by atoms with Crippen molar-refractivity contribution in [2.45, 2.75) is 46.1 Å². The number of benzene rings is 1. The van der Waals surface area contributed by atoms with Crippen molar-refractivity contribution < 1.29 is 9.90 Å². The summed E-state index contributed by atoms with van der Waals surface area (Å²) in [4.78, 5) is 14.1. The fraction of sp³-hybridized carbons (Fsp3) is 0.588. The third-order valence-corrected chi connectivity index (χ3v) is 3.80. The third-order valence-electron chi connectivity index (χ3n) is 3.80. The number of rotatable bonds is 7. The van der Waals surface area contributed by atoms with Crippen LogP contribution in [-0.4, -0.2) is 30.2 Å². The van der Waals surface area contributed by atoms with Gasteiger partial charge < -0.3 is 21.1 Å². The van der Waals surface area contributed by atoms with Gasteiger partial charge in [0.05, 0.1) is 17.0 Å². The van der Waals surface area contributed by atoms with Crippen molar-refractivity contribution in [3.63, 3.8) is 0 Å².